The Labute approximate surface area is 242 Å². The van der Waals surface area contributed by atoms with Gasteiger partial charge in [0.2, 0.25) is 0 Å². The minimum Gasteiger partial charge on any atom is -0.384 e. The summed E-state index contributed by atoms with van der Waals surface area (Å²) < 4.78 is 0. The minimum absolute atomic E-state index is 0.0628. The largest absolute Gasteiger partial charge is 0.384 e. The smallest absolute Gasteiger partial charge is 0.293 e. The first-order valence-corrected chi connectivity index (χ1v) is 14.3. The van der Waals surface area contributed by atoms with E-state index in [1.54, 1.807) is 34.9 Å². The van der Waals surface area contributed by atoms with Gasteiger partial charge >= 0.3 is 0 Å². The van der Waals surface area contributed by atoms with Crippen molar-refractivity contribution < 1.29 is 9.72 Å². The topological polar surface area (TPSA) is 113 Å². The maximum absolute atomic E-state index is 13.6. The number of nitrogens with zero attached hydrogens (tertiary/aromatic N) is 3. The van der Waals surface area contributed by atoms with E-state index >= 15 is 0 Å². The van der Waals surface area contributed by atoms with Gasteiger partial charge in [-0.1, -0.05) is 35.9 Å². The van der Waals surface area contributed by atoms with Crippen LogP contribution in [0.5, 0.6) is 0 Å². The molecule has 0 radical (unpaired) electrons. The Bertz CT molecular complexity index is 1640. The number of carbonyl (C=O) groups is 1. The second kappa shape index (κ2) is 11.2. The lowest BCUT2D eigenvalue weighted by molar-refractivity contribution is -0.384. The van der Waals surface area contributed by atoms with Crippen LogP contribution in [0.4, 0.5) is 11.4 Å². The molecule has 0 spiro atoms. The Morgan fingerprint density at radius 3 is 2.55 bits per heavy atom. The van der Waals surface area contributed by atoms with E-state index < -0.39 is 10.8 Å². The molecule has 7 nitrogen and oxygen atoms in total. The highest BCUT2D eigenvalue weighted by Crippen LogP contribution is 2.48. The van der Waals surface area contributed by atoms with Crippen LogP contribution in [0.1, 0.15) is 47.4 Å². The summed E-state index contributed by atoms with van der Waals surface area (Å²) in [4.78, 5) is 27.6. The molecule has 3 aromatic carbocycles. The van der Waals surface area contributed by atoms with Gasteiger partial charge in [0.25, 0.3) is 5.69 Å². The van der Waals surface area contributed by atoms with Crippen molar-refractivity contribution in [3.05, 3.63) is 121 Å². The van der Waals surface area contributed by atoms with Crippen LogP contribution < -0.4 is 10.6 Å². The Morgan fingerprint density at radius 1 is 1.12 bits per heavy atom. The first-order valence-electron chi connectivity index (χ1n) is 12.9. The Balaban J connectivity index is 1.65. The zero-order chi connectivity index (χ0) is 28.6. The summed E-state index contributed by atoms with van der Waals surface area (Å²) in [6.45, 7) is 4.03. The zero-order valence-corrected chi connectivity index (χ0v) is 23.7. The molecule has 2 N–H and O–H groups in total. The van der Waals surface area contributed by atoms with Crippen molar-refractivity contribution in [3.8, 4) is 6.07 Å². The molecule has 40 heavy (non-hydrogen) atoms. The molecule has 1 atom stereocenters. The molecule has 1 unspecified atom stereocenters. The quantitative estimate of drug-likeness (QED) is 0.186. The van der Waals surface area contributed by atoms with E-state index in [0.717, 1.165) is 27.1 Å². The number of rotatable bonds is 6. The number of hydrogen-bond donors (Lipinski definition) is 1. The van der Waals surface area contributed by atoms with Gasteiger partial charge in [0.15, 0.2) is 5.78 Å². The van der Waals surface area contributed by atoms with Gasteiger partial charge in [0.1, 0.15) is 11.5 Å². The van der Waals surface area contributed by atoms with E-state index in [1.807, 2.05) is 31.2 Å². The molecule has 5 rings (SSSR count). The van der Waals surface area contributed by atoms with Crippen molar-refractivity contribution in [2.75, 3.05) is 4.90 Å². The molecule has 0 bridgehead atoms. The fourth-order valence-electron chi connectivity index (χ4n) is 5.55. The number of para-hydroxylation sites is 2. The normalized spacial score (nSPS) is 17.1. The summed E-state index contributed by atoms with van der Waals surface area (Å²) in [6, 6.07) is 20.4. The van der Waals surface area contributed by atoms with Crippen LogP contribution in [0.15, 0.2) is 88.2 Å². The maximum Gasteiger partial charge on any atom is 0.293 e. The van der Waals surface area contributed by atoms with Gasteiger partial charge in [-0.3, -0.25) is 19.8 Å². The highest BCUT2D eigenvalue weighted by molar-refractivity contribution is 7.98. The number of ketones is 1. The van der Waals surface area contributed by atoms with Crippen LogP contribution in [0.3, 0.4) is 0 Å². The average Bonchev–Trinajstić information content (AvgIpc) is 2.93. The van der Waals surface area contributed by atoms with Gasteiger partial charge in [-0.15, -0.1) is 11.8 Å². The molecule has 1 aliphatic heterocycles. The lowest BCUT2D eigenvalue weighted by Crippen LogP contribution is -2.39. The standard InChI is InChI=1S/C31H27ClN4O3S/c1-18-14-19(2)23(15-20(18)17-40-22-12-10-21(32)11-13-22)29-24(16-33)31(34)35(27-8-5-9-28(37)30(27)29)25-6-3-4-7-26(25)36(38)39/h3-4,6-7,10-15,29H,5,8-9,17,34H2,1-2H3. The van der Waals surface area contributed by atoms with Gasteiger partial charge < -0.3 is 5.73 Å². The number of nitrogens with two attached hydrogens (primary N) is 1. The lowest BCUT2D eigenvalue weighted by Gasteiger charge is -2.39. The summed E-state index contributed by atoms with van der Waals surface area (Å²) >= 11 is 7.72. The molecule has 0 aromatic heterocycles. The molecule has 0 saturated carbocycles. The van der Waals surface area contributed by atoms with Gasteiger partial charge in [0.05, 0.1) is 22.5 Å². The molecule has 0 saturated heterocycles. The van der Waals surface area contributed by atoms with Gasteiger partial charge in [-0.05, 0) is 79.3 Å². The van der Waals surface area contributed by atoms with E-state index in [2.05, 4.69) is 25.1 Å². The summed E-state index contributed by atoms with van der Waals surface area (Å²) in [5.74, 6) is 0.0997. The lowest BCUT2D eigenvalue weighted by atomic mass is 9.74. The Kier molecular flexibility index (Phi) is 7.70. The number of allylic oxidation sites excluding steroid dienone is 3. The Hall–Kier alpha value is -4.06. The van der Waals surface area contributed by atoms with Gasteiger partial charge in [-0.2, -0.15) is 5.26 Å². The van der Waals surface area contributed by atoms with Crippen molar-refractivity contribution in [2.24, 2.45) is 5.73 Å². The van der Waals surface area contributed by atoms with E-state index in [0.29, 0.717) is 41.3 Å². The number of hydrogen-bond acceptors (Lipinski definition) is 7. The van der Waals surface area contributed by atoms with Crippen LogP contribution in [-0.2, 0) is 10.5 Å². The molecule has 1 heterocycles. The molecule has 0 amide bonds. The SMILES string of the molecule is Cc1cc(C)c(C2C(C#N)=C(N)N(c3ccccc3[N+](=O)[O-])C3=C2C(=O)CCC3)cc1CSc1ccc(Cl)cc1. The van der Waals surface area contributed by atoms with Gasteiger partial charge in [0, 0.05) is 39.4 Å². The van der Waals surface area contributed by atoms with Crippen LogP contribution in [-0.4, -0.2) is 10.7 Å². The summed E-state index contributed by atoms with van der Waals surface area (Å²) in [7, 11) is 0. The van der Waals surface area contributed by atoms with Crippen molar-refractivity contribution in [2.45, 2.75) is 49.7 Å². The predicted molar refractivity (Wildman–Crippen MR) is 158 cm³/mol. The average molecular weight is 571 g/mol. The van der Waals surface area contributed by atoms with E-state index in [9.17, 15) is 20.2 Å². The second-order valence-electron chi connectivity index (χ2n) is 9.94. The number of nitriles is 1. The van der Waals surface area contributed by atoms with Gasteiger partial charge in [-0.25, -0.2) is 0 Å². The number of nitro groups is 1. The minimum atomic E-state index is -0.647. The number of aryl methyl sites for hydroxylation is 2. The van der Waals surface area contributed by atoms with Crippen molar-refractivity contribution in [1.82, 2.24) is 0 Å². The summed E-state index contributed by atoms with van der Waals surface area (Å²) in [5, 5.41) is 23.0. The number of halogens is 1. The molecule has 0 fully saturated rings. The molecule has 202 valence electrons. The molecule has 3 aromatic rings. The molecule has 9 heteroatoms. The monoisotopic (exact) mass is 570 g/mol. The molecule has 2 aliphatic rings. The van der Waals surface area contributed by atoms with Crippen LogP contribution >= 0.6 is 23.4 Å². The number of anilines is 1. The summed E-state index contributed by atoms with van der Waals surface area (Å²) in [6.07, 6.45) is 1.47. The van der Waals surface area contributed by atoms with Crippen LogP contribution in [0.25, 0.3) is 0 Å². The van der Waals surface area contributed by atoms with E-state index in [4.69, 9.17) is 17.3 Å². The number of Topliss-reactive ketones (excluding diaryl/α,β-unsaturated/α-hetero) is 1. The summed E-state index contributed by atoms with van der Waals surface area (Å²) in [5.41, 5.74) is 12.1. The second-order valence-corrected chi connectivity index (χ2v) is 11.4. The van der Waals surface area contributed by atoms with E-state index in [-0.39, 0.29) is 28.6 Å². The highest BCUT2D eigenvalue weighted by Gasteiger charge is 2.42. The fourth-order valence-corrected chi connectivity index (χ4v) is 6.64. The molecular weight excluding hydrogens is 544 g/mol. The number of nitro benzene ring substituents is 1. The third-order valence-electron chi connectivity index (χ3n) is 7.48. The van der Waals surface area contributed by atoms with Crippen molar-refractivity contribution in [3.63, 3.8) is 0 Å². The first-order chi connectivity index (χ1) is 19.2. The fraction of sp³-hybridized carbons (Fsp3) is 0.226. The third-order valence-corrected chi connectivity index (χ3v) is 8.79. The third kappa shape index (κ3) is 4.99. The Morgan fingerprint density at radius 2 is 1.85 bits per heavy atom. The van der Waals surface area contributed by atoms with Crippen LogP contribution in [0, 0.1) is 35.3 Å². The first kappa shape index (κ1) is 27.5. The van der Waals surface area contributed by atoms with Crippen LogP contribution in [0.2, 0.25) is 5.02 Å². The van der Waals surface area contributed by atoms with E-state index in [1.165, 1.54) is 6.07 Å². The molecular formula is C31H27ClN4O3S. The zero-order valence-electron chi connectivity index (χ0n) is 22.1. The highest BCUT2D eigenvalue weighted by atomic mass is 35.5. The van der Waals surface area contributed by atoms with Crippen molar-refractivity contribution >= 4 is 40.5 Å². The number of thioether (sulfide) groups is 1. The number of carbonyl (C=O) groups excluding carboxylic acids is 1. The van der Waals surface area contributed by atoms with Crippen molar-refractivity contribution in [1.29, 1.82) is 5.26 Å². The predicted octanol–water partition coefficient (Wildman–Crippen LogP) is 7.46. The molecule has 1 aliphatic carbocycles. The maximum atomic E-state index is 13.6. The number of benzene rings is 3.